The van der Waals surface area contributed by atoms with Gasteiger partial charge in [0.1, 0.15) is 0 Å². The molecule has 0 aromatic carbocycles. The van der Waals surface area contributed by atoms with Crippen LogP contribution < -0.4 is 0 Å². The summed E-state index contributed by atoms with van der Waals surface area (Å²) in [6, 6.07) is 0. The van der Waals surface area contributed by atoms with Crippen LogP contribution in [-0.2, 0) is 0 Å². The number of hydrogen-bond acceptors (Lipinski definition) is 1. The second kappa shape index (κ2) is 4.45. The van der Waals surface area contributed by atoms with E-state index >= 15 is 0 Å². The number of likely N-dealkylation sites (tertiary alicyclic amines) is 1. The molecule has 0 unspecified atom stereocenters. The third kappa shape index (κ3) is 2.07. The van der Waals surface area contributed by atoms with Gasteiger partial charge in [-0.05, 0) is 51.6 Å². The Bertz CT molecular complexity index is 149. The van der Waals surface area contributed by atoms with Gasteiger partial charge < -0.3 is 4.90 Å². The van der Waals surface area contributed by atoms with E-state index in [9.17, 15) is 0 Å². The third-order valence-corrected chi connectivity index (χ3v) is 3.78. The normalized spacial score (nSPS) is 31.8. The Balaban J connectivity index is 0.000000396. The summed E-state index contributed by atoms with van der Waals surface area (Å²) < 4.78 is 0. The second-order valence-corrected chi connectivity index (χ2v) is 4.60. The van der Waals surface area contributed by atoms with Crippen LogP contribution >= 0.6 is 0 Å². The zero-order valence-corrected chi connectivity index (χ0v) is 9.77. The Morgan fingerprint density at radius 1 is 1.23 bits per heavy atom. The van der Waals surface area contributed by atoms with Crippen LogP contribution in [0.25, 0.3) is 0 Å². The van der Waals surface area contributed by atoms with Crippen LogP contribution in [0.4, 0.5) is 0 Å². The first-order valence-electron chi connectivity index (χ1n) is 5.94. The maximum atomic E-state index is 2.61. The van der Waals surface area contributed by atoms with Crippen molar-refractivity contribution in [3.05, 3.63) is 0 Å². The van der Waals surface area contributed by atoms with Crippen molar-refractivity contribution in [3.63, 3.8) is 0 Å². The average Bonchev–Trinajstić information content (AvgIpc) is 2.10. The number of nitrogens with zero attached hydrogens (tertiary/aromatic N) is 1. The highest BCUT2D eigenvalue weighted by Gasteiger charge is 2.43. The first kappa shape index (κ1) is 11.0. The van der Waals surface area contributed by atoms with Gasteiger partial charge in [0.05, 0.1) is 0 Å². The standard InChI is InChI=1S/C10H19N.C2H6/c1-9-4-7-11(2)10(8-9)5-3-6-10;1-2/h9H,3-8H2,1-2H3;1-2H3/t9-;/m0./s1. The fraction of sp³-hybridized carbons (Fsp3) is 1.00. The molecule has 2 fully saturated rings. The summed E-state index contributed by atoms with van der Waals surface area (Å²) in [5.41, 5.74) is 0.664. The molecule has 0 aromatic heterocycles. The molecule has 1 aliphatic carbocycles. The molecule has 2 rings (SSSR count). The van der Waals surface area contributed by atoms with Gasteiger partial charge in [0.15, 0.2) is 0 Å². The summed E-state index contributed by atoms with van der Waals surface area (Å²) in [6.07, 6.45) is 7.28. The molecule has 2 aliphatic rings. The predicted molar refractivity (Wildman–Crippen MR) is 59.0 cm³/mol. The Morgan fingerprint density at radius 2 is 1.85 bits per heavy atom. The third-order valence-electron chi connectivity index (χ3n) is 3.78. The molecule has 1 heteroatoms. The molecule has 78 valence electrons. The van der Waals surface area contributed by atoms with Crippen LogP contribution in [0.15, 0.2) is 0 Å². The Kier molecular flexibility index (Phi) is 3.78. The highest BCUT2D eigenvalue weighted by molar-refractivity contribution is 5.00. The average molecular weight is 183 g/mol. The van der Waals surface area contributed by atoms with Gasteiger partial charge in [0, 0.05) is 5.54 Å². The number of piperidine rings is 1. The maximum absolute atomic E-state index is 2.61. The highest BCUT2D eigenvalue weighted by Crippen LogP contribution is 2.44. The lowest BCUT2D eigenvalue weighted by Crippen LogP contribution is -2.55. The van der Waals surface area contributed by atoms with Gasteiger partial charge in [0.2, 0.25) is 0 Å². The summed E-state index contributed by atoms with van der Waals surface area (Å²) in [4.78, 5) is 2.61. The van der Waals surface area contributed by atoms with E-state index in [1.165, 1.54) is 38.6 Å². The fourth-order valence-corrected chi connectivity index (χ4v) is 2.73. The van der Waals surface area contributed by atoms with Crippen molar-refractivity contribution in [2.45, 2.75) is 58.4 Å². The summed E-state index contributed by atoms with van der Waals surface area (Å²) in [7, 11) is 2.31. The largest absolute Gasteiger partial charge is 0.301 e. The SMILES string of the molecule is CC.C[C@H]1CCN(C)C2(CCC2)C1. The molecule has 1 spiro atoms. The van der Waals surface area contributed by atoms with Crippen molar-refractivity contribution in [1.29, 1.82) is 0 Å². The maximum Gasteiger partial charge on any atom is 0.0209 e. The molecular formula is C12H25N. The van der Waals surface area contributed by atoms with Gasteiger partial charge in [-0.3, -0.25) is 0 Å². The first-order chi connectivity index (χ1) is 6.23. The minimum Gasteiger partial charge on any atom is -0.301 e. The second-order valence-electron chi connectivity index (χ2n) is 4.60. The van der Waals surface area contributed by atoms with Crippen LogP contribution in [0.2, 0.25) is 0 Å². The first-order valence-corrected chi connectivity index (χ1v) is 5.94. The van der Waals surface area contributed by atoms with E-state index in [0.717, 1.165) is 5.92 Å². The van der Waals surface area contributed by atoms with Gasteiger partial charge in [-0.15, -0.1) is 0 Å². The van der Waals surface area contributed by atoms with Crippen LogP contribution in [0.3, 0.4) is 0 Å². The van der Waals surface area contributed by atoms with Gasteiger partial charge in [-0.25, -0.2) is 0 Å². The van der Waals surface area contributed by atoms with Crippen LogP contribution in [0, 0.1) is 5.92 Å². The lowest BCUT2D eigenvalue weighted by atomic mass is 9.68. The number of rotatable bonds is 0. The highest BCUT2D eigenvalue weighted by atomic mass is 15.2. The van der Waals surface area contributed by atoms with E-state index in [-0.39, 0.29) is 0 Å². The zero-order valence-electron chi connectivity index (χ0n) is 9.77. The van der Waals surface area contributed by atoms with E-state index in [2.05, 4.69) is 18.9 Å². The van der Waals surface area contributed by atoms with Gasteiger partial charge in [0.25, 0.3) is 0 Å². The molecule has 13 heavy (non-hydrogen) atoms. The van der Waals surface area contributed by atoms with Crippen molar-refractivity contribution in [1.82, 2.24) is 4.90 Å². The molecule has 0 N–H and O–H groups in total. The van der Waals surface area contributed by atoms with Crippen molar-refractivity contribution in [2.24, 2.45) is 5.92 Å². The molecule has 0 amide bonds. The molecule has 1 aliphatic heterocycles. The molecule has 1 nitrogen and oxygen atoms in total. The minimum atomic E-state index is 0.664. The van der Waals surface area contributed by atoms with Gasteiger partial charge in [-0.2, -0.15) is 0 Å². The van der Waals surface area contributed by atoms with E-state index in [1.807, 2.05) is 13.8 Å². The molecule has 1 atom stereocenters. The van der Waals surface area contributed by atoms with Crippen LogP contribution in [0.1, 0.15) is 52.9 Å². The van der Waals surface area contributed by atoms with E-state index < -0.39 is 0 Å². The van der Waals surface area contributed by atoms with Gasteiger partial charge >= 0.3 is 0 Å². The van der Waals surface area contributed by atoms with E-state index in [1.54, 1.807) is 0 Å². The molecule has 1 heterocycles. The van der Waals surface area contributed by atoms with E-state index in [4.69, 9.17) is 0 Å². The summed E-state index contributed by atoms with van der Waals surface area (Å²) >= 11 is 0. The molecule has 1 saturated carbocycles. The smallest absolute Gasteiger partial charge is 0.0209 e. The van der Waals surface area contributed by atoms with Crippen molar-refractivity contribution >= 4 is 0 Å². The summed E-state index contributed by atoms with van der Waals surface area (Å²) in [6.45, 7) is 7.74. The Labute approximate surface area is 83.5 Å². The lowest BCUT2D eigenvalue weighted by Gasteiger charge is -2.53. The van der Waals surface area contributed by atoms with Crippen molar-refractivity contribution in [2.75, 3.05) is 13.6 Å². The molecule has 0 radical (unpaired) electrons. The monoisotopic (exact) mass is 183 g/mol. The zero-order chi connectivity index (χ0) is 9.90. The Hall–Kier alpha value is -0.0400. The summed E-state index contributed by atoms with van der Waals surface area (Å²) in [5, 5.41) is 0. The fourth-order valence-electron chi connectivity index (χ4n) is 2.73. The summed E-state index contributed by atoms with van der Waals surface area (Å²) in [5.74, 6) is 0.978. The number of hydrogen-bond donors (Lipinski definition) is 0. The van der Waals surface area contributed by atoms with Gasteiger partial charge in [-0.1, -0.05) is 20.8 Å². The van der Waals surface area contributed by atoms with Crippen molar-refractivity contribution < 1.29 is 0 Å². The van der Waals surface area contributed by atoms with Crippen LogP contribution in [-0.4, -0.2) is 24.0 Å². The topological polar surface area (TPSA) is 3.24 Å². The van der Waals surface area contributed by atoms with E-state index in [0.29, 0.717) is 5.54 Å². The molecule has 0 bridgehead atoms. The van der Waals surface area contributed by atoms with Crippen molar-refractivity contribution in [3.8, 4) is 0 Å². The van der Waals surface area contributed by atoms with Crippen LogP contribution in [0.5, 0.6) is 0 Å². The molecule has 0 aromatic rings. The predicted octanol–water partition coefficient (Wildman–Crippen LogP) is 3.30. The Morgan fingerprint density at radius 3 is 2.23 bits per heavy atom. The minimum absolute atomic E-state index is 0.664. The quantitative estimate of drug-likeness (QED) is 0.557. The molecular weight excluding hydrogens is 158 g/mol. The lowest BCUT2D eigenvalue weighted by molar-refractivity contribution is -0.0156. The molecule has 1 saturated heterocycles.